The van der Waals surface area contributed by atoms with Gasteiger partial charge >= 0.3 is 0 Å². The molecule has 0 amide bonds. The Bertz CT molecular complexity index is 2690. The van der Waals surface area contributed by atoms with Crippen LogP contribution in [0.15, 0.2) is 170 Å². The van der Waals surface area contributed by atoms with Crippen LogP contribution in [-0.4, -0.2) is 0 Å². The number of hydrogen-bond donors (Lipinski definition) is 0. The van der Waals surface area contributed by atoms with E-state index in [2.05, 4.69) is 170 Å². The van der Waals surface area contributed by atoms with Crippen molar-refractivity contribution in [2.24, 2.45) is 0 Å². The zero-order chi connectivity index (χ0) is 30.2. The lowest BCUT2D eigenvalue weighted by atomic mass is 9.89. The predicted molar refractivity (Wildman–Crippen MR) is 197 cm³/mol. The molecule has 0 unspecified atom stereocenters. The predicted octanol–water partition coefficient (Wildman–Crippen LogP) is 12.9. The van der Waals surface area contributed by atoms with Crippen LogP contribution in [0.2, 0.25) is 0 Å². The Morgan fingerprint density at radius 3 is 1.59 bits per heavy atom. The van der Waals surface area contributed by atoms with Gasteiger partial charge in [0.2, 0.25) is 0 Å². The lowest BCUT2D eigenvalue weighted by Gasteiger charge is -2.14. The quantitative estimate of drug-likeness (QED) is 0.182. The fraction of sp³-hybridized carbons (Fsp3) is 0. The van der Waals surface area contributed by atoms with Gasteiger partial charge in [-0.15, -0.1) is 0 Å². The molecule has 1 aliphatic rings. The molecule has 1 aliphatic carbocycles. The van der Waals surface area contributed by atoms with Gasteiger partial charge in [0.15, 0.2) is 0 Å². The minimum Gasteiger partial charge on any atom is -0.0616 e. The van der Waals surface area contributed by atoms with E-state index in [1.54, 1.807) is 0 Å². The van der Waals surface area contributed by atoms with Gasteiger partial charge < -0.3 is 0 Å². The van der Waals surface area contributed by atoms with Crippen molar-refractivity contribution in [3.05, 3.63) is 170 Å². The zero-order valence-electron chi connectivity index (χ0n) is 25.2. The van der Waals surface area contributed by atoms with Gasteiger partial charge in [-0.05, 0) is 129 Å². The molecule has 0 aromatic heterocycles. The summed E-state index contributed by atoms with van der Waals surface area (Å²) < 4.78 is 0. The Hall–Kier alpha value is -5.98. The van der Waals surface area contributed by atoms with E-state index < -0.39 is 0 Å². The van der Waals surface area contributed by atoms with Crippen LogP contribution in [0.5, 0.6) is 0 Å². The normalized spacial score (nSPS) is 11.9. The van der Waals surface area contributed by atoms with E-state index in [-0.39, 0.29) is 0 Å². The average Bonchev–Trinajstić information content (AvgIpc) is 3.46. The Morgan fingerprint density at radius 2 is 0.761 bits per heavy atom. The Kier molecular flexibility index (Phi) is 5.38. The van der Waals surface area contributed by atoms with Crippen LogP contribution in [0.3, 0.4) is 0 Å². The summed E-state index contributed by atoms with van der Waals surface area (Å²) in [5.41, 5.74) is 12.8. The molecule has 0 saturated heterocycles. The summed E-state index contributed by atoms with van der Waals surface area (Å²) in [6.07, 6.45) is 0. The highest BCUT2D eigenvalue weighted by atomic mass is 14.2. The number of rotatable bonds is 3. The molecule has 0 N–H and O–H groups in total. The van der Waals surface area contributed by atoms with Crippen LogP contribution in [-0.2, 0) is 0 Å². The number of hydrogen-bond acceptors (Lipinski definition) is 0. The summed E-state index contributed by atoms with van der Waals surface area (Å²) in [7, 11) is 0. The van der Waals surface area contributed by atoms with Crippen LogP contribution in [0.1, 0.15) is 0 Å². The van der Waals surface area contributed by atoms with E-state index in [0.29, 0.717) is 0 Å². The van der Waals surface area contributed by atoms with Crippen molar-refractivity contribution < 1.29 is 0 Å². The lowest BCUT2D eigenvalue weighted by Crippen LogP contribution is -1.88. The van der Waals surface area contributed by atoms with Gasteiger partial charge in [0, 0.05) is 0 Å². The largest absolute Gasteiger partial charge is 0.0616 e. The molecule has 0 radical (unpaired) electrons. The number of fused-ring (bicyclic) bond motifs is 8. The summed E-state index contributed by atoms with van der Waals surface area (Å²) in [6.45, 7) is 0. The summed E-state index contributed by atoms with van der Waals surface area (Å²) >= 11 is 0. The molecule has 0 saturated carbocycles. The van der Waals surface area contributed by atoms with Crippen LogP contribution in [0, 0.1) is 0 Å². The molecule has 9 aromatic carbocycles. The monoisotopic (exact) mass is 580 g/mol. The van der Waals surface area contributed by atoms with Gasteiger partial charge in [0.05, 0.1) is 0 Å². The maximum Gasteiger partial charge on any atom is -0.00259 e. The van der Waals surface area contributed by atoms with E-state index >= 15 is 0 Å². The molecule has 0 aliphatic heterocycles. The van der Waals surface area contributed by atoms with Crippen molar-refractivity contribution in [2.45, 2.75) is 0 Å². The van der Waals surface area contributed by atoms with Crippen molar-refractivity contribution >= 4 is 43.1 Å². The van der Waals surface area contributed by atoms with Crippen LogP contribution >= 0.6 is 0 Å². The molecule has 0 fully saturated rings. The topological polar surface area (TPSA) is 0 Å². The molecule has 0 heteroatoms. The van der Waals surface area contributed by atoms with Gasteiger partial charge in [0.25, 0.3) is 0 Å². The maximum absolute atomic E-state index is 2.39. The van der Waals surface area contributed by atoms with Crippen LogP contribution in [0.25, 0.3) is 98.7 Å². The first kappa shape index (κ1) is 25.4. The van der Waals surface area contributed by atoms with E-state index in [1.807, 2.05) is 0 Å². The second kappa shape index (κ2) is 9.76. The molecule has 0 heterocycles. The first-order valence-corrected chi connectivity index (χ1v) is 16.0. The Labute approximate surface area is 267 Å². The zero-order valence-corrected chi connectivity index (χ0v) is 25.2. The van der Waals surface area contributed by atoms with E-state index in [0.717, 1.165) is 0 Å². The van der Waals surface area contributed by atoms with Crippen LogP contribution in [0.4, 0.5) is 0 Å². The highest BCUT2D eigenvalue weighted by Gasteiger charge is 2.21. The second-order valence-electron chi connectivity index (χ2n) is 12.5. The van der Waals surface area contributed by atoms with Gasteiger partial charge in [0.1, 0.15) is 0 Å². The lowest BCUT2D eigenvalue weighted by molar-refractivity contribution is 1.59. The SMILES string of the molecule is c1cc(-c2cccc(-c3cc4ccc5ccccc5c4c4ccccc34)c2)cc(-c2cc3c4c(cccc4c2)-c2ccccc2-3)c1. The molecule has 0 spiro atoms. The molecule has 9 aromatic rings. The standard InChI is InChI=1S/C46H28/c1-2-16-37-29(10-1)22-23-35-27-43(40-19-5-6-20-41(40)45(35)37)33-14-8-12-31(25-33)30-11-7-13-32(24-30)36-26-34-15-9-21-42-38-17-3-4-18-39(38)44(28-36)46(34)42/h1-28H. The number of benzene rings is 9. The van der Waals surface area contributed by atoms with Gasteiger partial charge in [-0.3, -0.25) is 0 Å². The second-order valence-corrected chi connectivity index (χ2v) is 12.5. The summed E-state index contributed by atoms with van der Waals surface area (Å²) in [5.74, 6) is 0. The molecule has 0 nitrogen and oxygen atoms in total. The van der Waals surface area contributed by atoms with Gasteiger partial charge in [-0.1, -0.05) is 140 Å². The summed E-state index contributed by atoms with van der Waals surface area (Å²) in [4.78, 5) is 0. The first-order chi connectivity index (χ1) is 22.8. The third-order valence-electron chi connectivity index (χ3n) is 9.93. The molecule has 0 atom stereocenters. The molecular formula is C46H28. The van der Waals surface area contributed by atoms with Crippen LogP contribution < -0.4 is 0 Å². The highest BCUT2D eigenvalue weighted by Crippen LogP contribution is 2.48. The van der Waals surface area contributed by atoms with Crippen molar-refractivity contribution in [1.82, 2.24) is 0 Å². The molecule has 212 valence electrons. The molecule has 46 heavy (non-hydrogen) atoms. The Balaban J connectivity index is 1.11. The summed E-state index contributed by atoms with van der Waals surface area (Å²) in [5, 5.41) is 10.4. The average molecular weight is 581 g/mol. The van der Waals surface area contributed by atoms with E-state index in [4.69, 9.17) is 0 Å². The smallest absolute Gasteiger partial charge is 0.00259 e. The molecular weight excluding hydrogens is 553 g/mol. The molecule has 0 bridgehead atoms. The van der Waals surface area contributed by atoms with E-state index in [1.165, 1.54) is 98.7 Å². The third-order valence-corrected chi connectivity index (χ3v) is 9.93. The summed E-state index contributed by atoms with van der Waals surface area (Å²) in [6, 6.07) is 62.8. The van der Waals surface area contributed by atoms with Crippen molar-refractivity contribution in [3.63, 3.8) is 0 Å². The molecule has 10 rings (SSSR count). The Morgan fingerprint density at radius 1 is 0.217 bits per heavy atom. The van der Waals surface area contributed by atoms with Crippen molar-refractivity contribution in [1.29, 1.82) is 0 Å². The minimum absolute atomic E-state index is 1.22. The minimum atomic E-state index is 1.22. The van der Waals surface area contributed by atoms with Gasteiger partial charge in [-0.2, -0.15) is 0 Å². The fourth-order valence-electron chi connectivity index (χ4n) is 7.85. The van der Waals surface area contributed by atoms with E-state index in [9.17, 15) is 0 Å². The van der Waals surface area contributed by atoms with Crippen molar-refractivity contribution in [2.75, 3.05) is 0 Å². The fourth-order valence-corrected chi connectivity index (χ4v) is 7.85. The maximum atomic E-state index is 2.39. The van der Waals surface area contributed by atoms with Crippen molar-refractivity contribution in [3.8, 4) is 55.6 Å². The first-order valence-electron chi connectivity index (χ1n) is 16.0. The highest BCUT2D eigenvalue weighted by molar-refractivity contribution is 6.23. The third kappa shape index (κ3) is 3.74. The van der Waals surface area contributed by atoms with Gasteiger partial charge in [-0.25, -0.2) is 0 Å².